The number of carbonyl (C=O) groups is 2. The molecule has 0 saturated carbocycles. The van der Waals surface area contributed by atoms with Gasteiger partial charge in [0, 0.05) is 43.8 Å². The molecule has 8 nitrogen and oxygen atoms in total. The summed E-state index contributed by atoms with van der Waals surface area (Å²) in [5.41, 5.74) is 1.23. The molecule has 0 unspecified atom stereocenters. The van der Waals surface area contributed by atoms with E-state index in [9.17, 15) is 19.7 Å². The zero-order valence-corrected chi connectivity index (χ0v) is 14.8. The largest absolute Gasteiger partial charge is 0.317 e. The Morgan fingerprint density at radius 3 is 2.15 bits per heavy atom. The van der Waals surface area contributed by atoms with Gasteiger partial charge in [0.15, 0.2) is 5.11 Å². The average Bonchev–Trinajstić information content (AvgIpc) is 3.10. The molecule has 0 N–H and O–H groups in total. The smallest absolute Gasteiger partial charge is 0.269 e. The maximum absolute atomic E-state index is 12.4. The van der Waals surface area contributed by atoms with E-state index in [4.69, 9.17) is 12.2 Å². The first kappa shape index (κ1) is 17.5. The van der Waals surface area contributed by atoms with Crippen molar-refractivity contribution in [2.45, 2.75) is 0 Å². The standard InChI is InChI=1S/C17H14N4O4S/c1-18-15(22)14(16(23)19(2)17(18)26)10-13-4-3-9-20(13)11-5-7-12(8-6-11)21(24)25/h3-10H,1-2H3. The number of rotatable bonds is 3. The Morgan fingerprint density at radius 2 is 1.62 bits per heavy atom. The molecule has 1 fully saturated rings. The zero-order valence-electron chi connectivity index (χ0n) is 13.9. The van der Waals surface area contributed by atoms with Crippen LogP contribution in [0.3, 0.4) is 0 Å². The molecule has 2 amide bonds. The van der Waals surface area contributed by atoms with Crippen LogP contribution in [-0.2, 0) is 9.59 Å². The summed E-state index contributed by atoms with van der Waals surface area (Å²) in [5, 5.41) is 10.9. The molecule has 0 spiro atoms. The molecule has 1 saturated heterocycles. The highest BCUT2D eigenvalue weighted by Crippen LogP contribution is 2.22. The lowest BCUT2D eigenvalue weighted by Crippen LogP contribution is -2.52. The van der Waals surface area contributed by atoms with E-state index < -0.39 is 16.7 Å². The van der Waals surface area contributed by atoms with E-state index in [0.717, 1.165) is 0 Å². The van der Waals surface area contributed by atoms with Crippen molar-refractivity contribution in [3.8, 4) is 5.69 Å². The van der Waals surface area contributed by atoms with Crippen LogP contribution in [0.15, 0.2) is 48.2 Å². The van der Waals surface area contributed by atoms with E-state index in [1.54, 1.807) is 35.0 Å². The third kappa shape index (κ3) is 2.88. The van der Waals surface area contributed by atoms with Crippen LogP contribution < -0.4 is 0 Å². The Labute approximate surface area is 154 Å². The number of aromatic nitrogens is 1. The lowest BCUT2D eigenvalue weighted by molar-refractivity contribution is -0.384. The summed E-state index contributed by atoms with van der Waals surface area (Å²) >= 11 is 5.06. The van der Waals surface area contributed by atoms with E-state index in [0.29, 0.717) is 11.4 Å². The monoisotopic (exact) mass is 370 g/mol. The highest BCUT2D eigenvalue weighted by atomic mass is 32.1. The van der Waals surface area contributed by atoms with Gasteiger partial charge >= 0.3 is 0 Å². The third-order valence-corrected chi connectivity index (χ3v) is 4.60. The molecule has 1 aromatic carbocycles. The summed E-state index contributed by atoms with van der Waals surface area (Å²) in [4.78, 5) is 37.6. The minimum absolute atomic E-state index is 0.00883. The fraction of sp³-hybridized carbons (Fsp3) is 0.118. The molecule has 9 heteroatoms. The molecule has 1 aliphatic heterocycles. The third-order valence-electron chi connectivity index (χ3n) is 4.06. The van der Waals surface area contributed by atoms with Crippen LogP contribution in [0.4, 0.5) is 5.69 Å². The molecule has 0 aliphatic carbocycles. The number of nitro groups is 1. The number of nitrogens with zero attached hydrogens (tertiary/aromatic N) is 4. The quantitative estimate of drug-likeness (QED) is 0.271. The Bertz CT molecular complexity index is 935. The van der Waals surface area contributed by atoms with Crippen molar-refractivity contribution in [2.24, 2.45) is 0 Å². The molecule has 2 heterocycles. The van der Waals surface area contributed by atoms with Crippen LogP contribution >= 0.6 is 12.2 Å². The Morgan fingerprint density at radius 1 is 1.04 bits per heavy atom. The van der Waals surface area contributed by atoms with Gasteiger partial charge < -0.3 is 4.57 Å². The second-order valence-electron chi connectivity index (χ2n) is 5.65. The second-order valence-corrected chi connectivity index (χ2v) is 6.01. The molecule has 26 heavy (non-hydrogen) atoms. The minimum Gasteiger partial charge on any atom is -0.317 e. The number of carbonyl (C=O) groups excluding carboxylic acids is 2. The zero-order chi connectivity index (χ0) is 19.0. The number of likely N-dealkylation sites (N-methyl/N-ethyl adjacent to an activating group) is 2. The van der Waals surface area contributed by atoms with Crippen LogP contribution in [0.25, 0.3) is 11.8 Å². The molecule has 3 rings (SSSR count). The maximum atomic E-state index is 12.4. The van der Waals surface area contributed by atoms with Crippen LogP contribution in [0, 0.1) is 10.1 Å². The van der Waals surface area contributed by atoms with E-state index in [1.165, 1.54) is 42.1 Å². The first-order chi connectivity index (χ1) is 12.3. The van der Waals surface area contributed by atoms with Crippen LogP contribution in [0.2, 0.25) is 0 Å². The lowest BCUT2D eigenvalue weighted by atomic mass is 10.1. The van der Waals surface area contributed by atoms with E-state index in [2.05, 4.69) is 0 Å². The van der Waals surface area contributed by atoms with Gasteiger partial charge in [0.25, 0.3) is 17.5 Å². The fourth-order valence-electron chi connectivity index (χ4n) is 2.60. The summed E-state index contributed by atoms with van der Waals surface area (Å²) in [6.45, 7) is 0. The van der Waals surface area contributed by atoms with Gasteiger partial charge in [0.2, 0.25) is 0 Å². The van der Waals surface area contributed by atoms with Crippen molar-refractivity contribution in [2.75, 3.05) is 14.1 Å². The topological polar surface area (TPSA) is 88.7 Å². The van der Waals surface area contributed by atoms with E-state index >= 15 is 0 Å². The van der Waals surface area contributed by atoms with Crippen LogP contribution in [-0.4, -0.2) is 50.3 Å². The number of non-ortho nitro benzene ring substituents is 1. The van der Waals surface area contributed by atoms with Gasteiger partial charge in [-0.05, 0) is 42.6 Å². The molecule has 1 aliphatic rings. The predicted molar refractivity (Wildman–Crippen MR) is 98.5 cm³/mol. The molecule has 0 atom stereocenters. The first-order valence-electron chi connectivity index (χ1n) is 7.55. The van der Waals surface area contributed by atoms with E-state index in [-0.39, 0.29) is 16.4 Å². The second kappa shape index (κ2) is 6.52. The molecule has 0 radical (unpaired) electrons. The Kier molecular flexibility index (Phi) is 4.39. The fourth-order valence-corrected chi connectivity index (χ4v) is 2.77. The summed E-state index contributed by atoms with van der Waals surface area (Å²) in [5.74, 6) is -0.955. The van der Waals surface area contributed by atoms with Gasteiger partial charge in [-0.3, -0.25) is 29.5 Å². The van der Waals surface area contributed by atoms with Crippen molar-refractivity contribution in [1.82, 2.24) is 14.4 Å². The first-order valence-corrected chi connectivity index (χ1v) is 7.96. The van der Waals surface area contributed by atoms with Gasteiger partial charge in [-0.1, -0.05) is 0 Å². The number of hydrogen-bond acceptors (Lipinski definition) is 5. The number of benzene rings is 1. The summed E-state index contributed by atoms with van der Waals surface area (Å²) in [6, 6.07) is 9.47. The number of nitro benzene ring substituents is 1. The minimum atomic E-state index is -0.477. The van der Waals surface area contributed by atoms with E-state index in [1.807, 2.05) is 0 Å². The van der Waals surface area contributed by atoms with Crippen molar-refractivity contribution < 1.29 is 14.5 Å². The molecule has 2 aromatic rings. The normalized spacial score (nSPS) is 14.8. The Hall–Kier alpha value is -3.33. The maximum Gasteiger partial charge on any atom is 0.269 e. The molecule has 0 bridgehead atoms. The van der Waals surface area contributed by atoms with Crippen molar-refractivity contribution in [1.29, 1.82) is 0 Å². The SMILES string of the molecule is CN1C(=O)C(=Cc2cccn2-c2ccc([N+](=O)[O-])cc2)C(=O)N(C)C1=S. The predicted octanol–water partition coefficient (Wildman–Crippen LogP) is 1.98. The molecule has 1 aromatic heterocycles. The van der Waals surface area contributed by atoms with Gasteiger partial charge in [-0.25, -0.2) is 0 Å². The number of hydrogen-bond donors (Lipinski definition) is 0. The van der Waals surface area contributed by atoms with Gasteiger partial charge in [0.1, 0.15) is 5.57 Å². The summed E-state index contributed by atoms with van der Waals surface area (Å²) in [6.07, 6.45) is 3.23. The molecule has 132 valence electrons. The van der Waals surface area contributed by atoms with Crippen molar-refractivity contribution in [3.05, 3.63) is 64.0 Å². The molecular weight excluding hydrogens is 356 g/mol. The number of amides is 2. The van der Waals surface area contributed by atoms with Gasteiger partial charge in [0.05, 0.1) is 4.92 Å². The summed E-state index contributed by atoms with van der Waals surface area (Å²) in [7, 11) is 3.02. The lowest BCUT2D eigenvalue weighted by Gasteiger charge is -2.31. The summed E-state index contributed by atoms with van der Waals surface area (Å²) < 4.78 is 1.73. The van der Waals surface area contributed by atoms with Gasteiger partial charge in [-0.2, -0.15) is 0 Å². The Balaban J connectivity index is 2.02. The van der Waals surface area contributed by atoms with Gasteiger partial charge in [-0.15, -0.1) is 0 Å². The van der Waals surface area contributed by atoms with Crippen molar-refractivity contribution in [3.63, 3.8) is 0 Å². The highest BCUT2D eigenvalue weighted by Gasteiger charge is 2.35. The van der Waals surface area contributed by atoms with Crippen LogP contribution in [0.1, 0.15) is 5.69 Å². The van der Waals surface area contributed by atoms with Crippen molar-refractivity contribution >= 4 is 40.9 Å². The highest BCUT2D eigenvalue weighted by molar-refractivity contribution is 7.80. The number of thiocarbonyl (C=S) groups is 1. The molecular formula is C17H14N4O4S. The average molecular weight is 370 g/mol. The van der Waals surface area contributed by atoms with Crippen LogP contribution in [0.5, 0.6) is 0 Å².